The molecule has 2 aromatic rings. The van der Waals surface area contributed by atoms with Gasteiger partial charge in [0.05, 0.1) is 18.0 Å². The van der Waals surface area contributed by atoms with E-state index < -0.39 is 0 Å². The molecule has 1 fully saturated rings. The first-order valence-electron chi connectivity index (χ1n) is 8.93. The third-order valence-electron chi connectivity index (χ3n) is 4.91. The number of ether oxygens (including phenoxy) is 1. The van der Waals surface area contributed by atoms with E-state index in [0.29, 0.717) is 12.6 Å². The number of hydrogen-bond acceptors (Lipinski definition) is 3. The van der Waals surface area contributed by atoms with E-state index >= 15 is 0 Å². The smallest absolute Gasteiger partial charge is 0.326 e. The molecule has 0 aromatic heterocycles. The molecule has 0 bridgehead atoms. The molecule has 1 saturated heterocycles. The average molecular weight is 337 g/mol. The van der Waals surface area contributed by atoms with Crippen LogP contribution in [0, 0.1) is 0 Å². The number of nitrogens with one attached hydrogen (secondary N) is 1. The number of urea groups is 1. The molecule has 4 rings (SSSR count). The van der Waals surface area contributed by atoms with Gasteiger partial charge in [0.25, 0.3) is 0 Å². The molecule has 0 spiro atoms. The van der Waals surface area contributed by atoms with E-state index in [-0.39, 0.29) is 6.03 Å². The van der Waals surface area contributed by atoms with Crippen LogP contribution in [0.3, 0.4) is 0 Å². The lowest BCUT2D eigenvalue weighted by molar-refractivity contribution is 0.256. The van der Waals surface area contributed by atoms with Gasteiger partial charge in [-0.05, 0) is 56.2 Å². The van der Waals surface area contributed by atoms with Gasteiger partial charge >= 0.3 is 6.03 Å². The Morgan fingerprint density at radius 3 is 2.68 bits per heavy atom. The number of benzene rings is 2. The van der Waals surface area contributed by atoms with Crippen LogP contribution in [0.25, 0.3) is 0 Å². The van der Waals surface area contributed by atoms with E-state index in [4.69, 9.17) is 4.74 Å². The van der Waals surface area contributed by atoms with Crippen LogP contribution in [0.4, 0.5) is 21.9 Å². The summed E-state index contributed by atoms with van der Waals surface area (Å²) < 4.78 is 5.45. The highest BCUT2D eigenvalue weighted by Crippen LogP contribution is 2.39. The Morgan fingerprint density at radius 2 is 1.92 bits per heavy atom. The van der Waals surface area contributed by atoms with Crippen LogP contribution in [0.2, 0.25) is 0 Å². The summed E-state index contributed by atoms with van der Waals surface area (Å²) in [4.78, 5) is 17.2. The zero-order valence-corrected chi connectivity index (χ0v) is 14.4. The van der Waals surface area contributed by atoms with Crippen molar-refractivity contribution in [1.82, 2.24) is 0 Å². The zero-order chi connectivity index (χ0) is 17.2. The number of hydrogen-bond donors (Lipinski definition) is 1. The topological polar surface area (TPSA) is 44.8 Å². The molecule has 2 aromatic carbocycles. The third-order valence-corrected chi connectivity index (χ3v) is 4.91. The minimum absolute atomic E-state index is 0.0804. The third kappa shape index (κ3) is 3.02. The average Bonchev–Trinajstić information content (AvgIpc) is 3.12. The normalized spacial score (nSPS) is 18.5. The quantitative estimate of drug-likeness (QED) is 0.917. The number of rotatable bonds is 3. The van der Waals surface area contributed by atoms with Crippen molar-refractivity contribution in [3.63, 3.8) is 0 Å². The molecule has 0 aliphatic carbocycles. The number of carbonyl (C=O) groups is 1. The molecule has 5 nitrogen and oxygen atoms in total. The van der Waals surface area contributed by atoms with Crippen LogP contribution < -0.4 is 19.9 Å². The lowest BCUT2D eigenvalue weighted by Gasteiger charge is -2.40. The van der Waals surface area contributed by atoms with E-state index in [1.807, 2.05) is 54.3 Å². The Kier molecular flexibility index (Phi) is 4.22. The fourth-order valence-electron chi connectivity index (χ4n) is 3.77. The molecule has 0 unspecified atom stereocenters. The van der Waals surface area contributed by atoms with Crippen LogP contribution in [0.15, 0.2) is 48.5 Å². The standard InChI is InChI=1S/C20H23N3O2/c1-2-25-17-11-9-15(10-12-17)21-20(24)23-14-16-6-5-13-22(16)18-7-3-4-8-19(18)23/h3-4,7-12,16H,2,5-6,13-14H2,1H3,(H,21,24)/t16-/m1/s1. The van der Waals surface area contributed by atoms with Gasteiger partial charge in [-0.3, -0.25) is 4.90 Å². The first kappa shape index (κ1) is 15.8. The summed E-state index contributed by atoms with van der Waals surface area (Å²) in [5.74, 6) is 0.811. The maximum absolute atomic E-state index is 12.9. The Bertz CT molecular complexity index is 760. The second-order valence-electron chi connectivity index (χ2n) is 6.48. The number of nitrogens with zero attached hydrogens (tertiary/aromatic N) is 2. The first-order chi connectivity index (χ1) is 12.3. The van der Waals surface area contributed by atoms with Gasteiger partial charge in [0.2, 0.25) is 0 Å². The van der Waals surface area contributed by atoms with Crippen molar-refractivity contribution in [1.29, 1.82) is 0 Å². The fourth-order valence-corrected chi connectivity index (χ4v) is 3.77. The van der Waals surface area contributed by atoms with E-state index in [1.54, 1.807) is 0 Å². The van der Waals surface area contributed by atoms with Gasteiger partial charge in [0.1, 0.15) is 5.75 Å². The summed E-state index contributed by atoms with van der Waals surface area (Å²) >= 11 is 0. The number of para-hydroxylation sites is 2. The van der Waals surface area contributed by atoms with Gasteiger partial charge in [-0.15, -0.1) is 0 Å². The monoisotopic (exact) mass is 337 g/mol. The Balaban J connectivity index is 1.54. The molecule has 25 heavy (non-hydrogen) atoms. The molecule has 5 heteroatoms. The molecular weight excluding hydrogens is 314 g/mol. The van der Waals surface area contributed by atoms with Crippen molar-refractivity contribution in [2.45, 2.75) is 25.8 Å². The SMILES string of the molecule is CCOc1ccc(NC(=O)N2C[C@H]3CCCN3c3ccccc32)cc1. The van der Waals surface area contributed by atoms with Crippen LogP contribution >= 0.6 is 0 Å². The van der Waals surface area contributed by atoms with Crippen molar-refractivity contribution in [2.75, 3.05) is 34.8 Å². The molecule has 1 N–H and O–H groups in total. The van der Waals surface area contributed by atoms with Crippen molar-refractivity contribution >= 4 is 23.1 Å². The van der Waals surface area contributed by atoms with Crippen molar-refractivity contribution in [3.05, 3.63) is 48.5 Å². The van der Waals surface area contributed by atoms with Crippen molar-refractivity contribution < 1.29 is 9.53 Å². The largest absolute Gasteiger partial charge is 0.494 e. The molecular formula is C20H23N3O2. The summed E-state index contributed by atoms with van der Waals surface area (Å²) in [5.41, 5.74) is 2.93. The molecule has 2 aliphatic heterocycles. The predicted octanol–water partition coefficient (Wildman–Crippen LogP) is 4.11. The maximum atomic E-state index is 12.9. The lowest BCUT2D eigenvalue weighted by Crippen LogP contribution is -2.49. The summed E-state index contributed by atoms with van der Waals surface area (Å²) in [6, 6.07) is 16.0. The van der Waals surface area contributed by atoms with Crippen LogP contribution in [0.1, 0.15) is 19.8 Å². The van der Waals surface area contributed by atoms with E-state index in [0.717, 1.165) is 42.3 Å². The van der Waals surface area contributed by atoms with Crippen molar-refractivity contribution in [3.8, 4) is 5.75 Å². The molecule has 130 valence electrons. The molecule has 0 saturated carbocycles. The molecule has 0 radical (unpaired) electrons. The summed E-state index contributed by atoms with van der Waals surface area (Å²) in [6.07, 6.45) is 2.33. The van der Waals surface area contributed by atoms with Gasteiger partial charge in [0.15, 0.2) is 0 Å². The number of fused-ring (bicyclic) bond motifs is 3. The van der Waals surface area contributed by atoms with Crippen LogP contribution in [-0.4, -0.2) is 31.8 Å². The lowest BCUT2D eigenvalue weighted by atomic mass is 10.1. The molecule has 2 amide bonds. The highest BCUT2D eigenvalue weighted by molar-refractivity contribution is 6.04. The fraction of sp³-hybridized carbons (Fsp3) is 0.350. The Morgan fingerprint density at radius 1 is 1.16 bits per heavy atom. The Hall–Kier alpha value is -2.69. The van der Waals surface area contributed by atoms with E-state index in [1.165, 1.54) is 6.42 Å². The van der Waals surface area contributed by atoms with Gasteiger partial charge in [0, 0.05) is 24.8 Å². The second kappa shape index (κ2) is 6.67. The minimum Gasteiger partial charge on any atom is -0.494 e. The first-order valence-corrected chi connectivity index (χ1v) is 8.93. The summed E-state index contributed by atoms with van der Waals surface area (Å²) in [7, 11) is 0. The van der Waals surface area contributed by atoms with Gasteiger partial charge in [-0.1, -0.05) is 12.1 Å². The maximum Gasteiger partial charge on any atom is 0.326 e. The number of amides is 2. The molecule has 1 atom stereocenters. The van der Waals surface area contributed by atoms with E-state index in [2.05, 4.69) is 16.3 Å². The molecule has 2 heterocycles. The predicted molar refractivity (Wildman–Crippen MR) is 101 cm³/mol. The number of anilines is 3. The van der Waals surface area contributed by atoms with Crippen molar-refractivity contribution in [2.24, 2.45) is 0 Å². The van der Waals surface area contributed by atoms with Crippen LogP contribution in [-0.2, 0) is 0 Å². The summed E-state index contributed by atoms with van der Waals surface area (Å²) in [5, 5.41) is 3.01. The number of carbonyl (C=O) groups excluding carboxylic acids is 1. The van der Waals surface area contributed by atoms with E-state index in [9.17, 15) is 4.79 Å². The highest BCUT2D eigenvalue weighted by Gasteiger charge is 2.36. The van der Waals surface area contributed by atoms with Crippen LogP contribution in [0.5, 0.6) is 5.75 Å². The Labute approximate surface area is 148 Å². The minimum atomic E-state index is -0.0804. The zero-order valence-electron chi connectivity index (χ0n) is 14.4. The summed E-state index contributed by atoms with van der Waals surface area (Å²) in [6.45, 7) is 4.40. The van der Waals surface area contributed by atoms with Gasteiger partial charge in [-0.25, -0.2) is 4.79 Å². The van der Waals surface area contributed by atoms with Gasteiger partial charge < -0.3 is 15.0 Å². The van der Waals surface area contributed by atoms with Gasteiger partial charge in [-0.2, -0.15) is 0 Å². The molecule has 2 aliphatic rings. The second-order valence-corrected chi connectivity index (χ2v) is 6.48. The highest BCUT2D eigenvalue weighted by atomic mass is 16.5.